The molecule has 1 aromatic heterocycles. The fourth-order valence-electron chi connectivity index (χ4n) is 3.23. The lowest BCUT2D eigenvalue weighted by Crippen LogP contribution is -2.45. The van der Waals surface area contributed by atoms with Crippen molar-refractivity contribution in [2.24, 2.45) is 0 Å². The van der Waals surface area contributed by atoms with Crippen LogP contribution in [-0.2, 0) is 18.1 Å². The van der Waals surface area contributed by atoms with Gasteiger partial charge in [-0.05, 0) is 43.2 Å². The topological polar surface area (TPSA) is 75.4 Å². The molecule has 1 radical (unpaired) electrons. The summed E-state index contributed by atoms with van der Waals surface area (Å²) in [7, 11) is 0. The third-order valence-corrected chi connectivity index (χ3v) is 5.16. The summed E-state index contributed by atoms with van der Waals surface area (Å²) in [6.45, 7) is 5.77. The van der Waals surface area contributed by atoms with Crippen LogP contribution in [-0.4, -0.2) is 16.4 Å². The Kier molecular flexibility index (Phi) is 5.94. The molecule has 0 saturated heterocycles. The van der Waals surface area contributed by atoms with Gasteiger partial charge in [0.15, 0.2) is 5.76 Å². The smallest absolute Gasteiger partial charge is 0.416 e. The summed E-state index contributed by atoms with van der Waals surface area (Å²) in [5.41, 5.74) is -1.48. The fraction of sp³-hybridized carbons (Fsp3) is 0.190. The van der Waals surface area contributed by atoms with Crippen LogP contribution in [0.25, 0.3) is 11.3 Å². The Morgan fingerprint density at radius 3 is 2.40 bits per heavy atom. The summed E-state index contributed by atoms with van der Waals surface area (Å²) in [5, 5.41) is 15.8. The van der Waals surface area contributed by atoms with Crippen LogP contribution in [0.15, 0.2) is 57.5 Å². The lowest BCUT2D eigenvalue weighted by atomic mass is 9.81. The molecule has 0 aliphatic carbocycles. The highest BCUT2D eigenvalue weighted by Crippen LogP contribution is 2.41. The number of benzene rings is 2. The number of hydrogen-bond donors (Lipinski definition) is 2. The molecule has 0 saturated carbocycles. The number of rotatable bonds is 5. The fourth-order valence-corrected chi connectivity index (χ4v) is 3.49. The number of amides is 1. The number of carbonyl (C=O) groups is 1. The molecule has 30 heavy (non-hydrogen) atoms. The average molecular weight is 482 g/mol. The Hall–Kier alpha value is -2.81. The van der Waals surface area contributed by atoms with E-state index in [-0.39, 0.29) is 16.9 Å². The molecule has 1 heterocycles. The van der Waals surface area contributed by atoms with Gasteiger partial charge in [-0.15, -0.1) is 0 Å². The number of nitrogens with one attached hydrogen (secondary N) is 1. The summed E-state index contributed by atoms with van der Waals surface area (Å²) in [4.78, 5) is 11.6. The molecule has 0 fully saturated rings. The summed E-state index contributed by atoms with van der Waals surface area (Å²) in [6.07, 6.45) is -5.70. The van der Waals surface area contributed by atoms with Gasteiger partial charge in [0, 0.05) is 10.0 Å². The minimum Gasteiger partial charge on any atom is -0.465 e. The van der Waals surface area contributed by atoms with Crippen molar-refractivity contribution in [2.75, 3.05) is 0 Å². The maximum atomic E-state index is 13.3. The van der Waals surface area contributed by atoms with Crippen molar-refractivity contribution in [3.63, 3.8) is 0 Å². The quantitative estimate of drug-likeness (QED) is 0.466. The molecule has 1 amide bonds. The molecular formula is C21H17BrF3N2O3. The highest BCUT2D eigenvalue weighted by atomic mass is 79.9. The third-order valence-electron chi connectivity index (χ3n) is 4.63. The maximum Gasteiger partial charge on any atom is 0.416 e. The van der Waals surface area contributed by atoms with Crippen LogP contribution in [0, 0.1) is 6.92 Å². The van der Waals surface area contributed by atoms with Crippen LogP contribution in [0.1, 0.15) is 29.3 Å². The number of aromatic nitrogens is 1. The second kappa shape index (κ2) is 8.14. The number of carboxylic acid groups (broad SMARTS) is 1. The molecule has 5 nitrogen and oxygen atoms in total. The summed E-state index contributed by atoms with van der Waals surface area (Å²) in [6, 6.07) is 11.3. The van der Waals surface area contributed by atoms with E-state index in [1.807, 2.05) is 0 Å². The molecule has 1 atom stereocenters. The number of alkyl halides is 3. The second-order valence-corrected chi connectivity index (χ2v) is 7.52. The van der Waals surface area contributed by atoms with Gasteiger partial charge in [0.2, 0.25) is 0 Å². The van der Waals surface area contributed by atoms with Crippen molar-refractivity contribution in [1.29, 1.82) is 0 Å². The number of halogens is 4. The molecule has 0 bridgehead atoms. The van der Waals surface area contributed by atoms with Crippen LogP contribution in [0.2, 0.25) is 0 Å². The normalized spacial score (nSPS) is 13.7. The van der Waals surface area contributed by atoms with Crippen molar-refractivity contribution in [1.82, 2.24) is 10.5 Å². The minimum absolute atomic E-state index is 0.0102. The lowest BCUT2D eigenvalue weighted by molar-refractivity contribution is -0.137. The largest absolute Gasteiger partial charge is 0.465 e. The van der Waals surface area contributed by atoms with Gasteiger partial charge in [-0.1, -0.05) is 52.3 Å². The molecule has 3 rings (SSSR count). The zero-order chi connectivity index (χ0) is 22.1. The van der Waals surface area contributed by atoms with E-state index < -0.39 is 23.4 Å². The maximum absolute atomic E-state index is 13.3. The Balaban J connectivity index is 2.28. The van der Waals surface area contributed by atoms with Crippen molar-refractivity contribution < 1.29 is 27.6 Å². The first-order chi connectivity index (χ1) is 14.1. The van der Waals surface area contributed by atoms with E-state index in [1.165, 1.54) is 12.1 Å². The van der Waals surface area contributed by atoms with Gasteiger partial charge in [0.25, 0.3) is 0 Å². The van der Waals surface area contributed by atoms with E-state index >= 15 is 0 Å². The van der Waals surface area contributed by atoms with E-state index in [2.05, 4.69) is 33.3 Å². The van der Waals surface area contributed by atoms with Crippen molar-refractivity contribution in [2.45, 2.75) is 25.1 Å². The number of aryl methyl sites for hydroxylation is 1. The van der Waals surface area contributed by atoms with E-state index in [0.717, 1.165) is 16.6 Å². The van der Waals surface area contributed by atoms with E-state index in [1.54, 1.807) is 31.2 Å². The van der Waals surface area contributed by atoms with E-state index in [4.69, 9.17) is 4.52 Å². The van der Waals surface area contributed by atoms with Crippen LogP contribution >= 0.6 is 15.9 Å². The Morgan fingerprint density at radius 2 is 1.83 bits per heavy atom. The standard InChI is InChI=1S/C21H17BrF3N2O3/c1-3-16-17(18(30-27-16)12-7-9-15(22)10-8-12)20(2,26-19(28)29)13-5-4-6-14(11-13)21(23,24)25/h4-11,26H,2-3H2,1H3,(H,28,29). The van der Waals surface area contributed by atoms with Crippen molar-refractivity contribution in [3.05, 3.63) is 82.3 Å². The first kappa shape index (κ1) is 21.9. The molecule has 0 aliphatic heterocycles. The van der Waals surface area contributed by atoms with Crippen molar-refractivity contribution in [3.8, 4) is 11.3 Å². The summed E-state index contributed by atoms with van der Waals surface area (Å²) in [5.74, 6) is 0.223. The highest BCUT2D eigenvalue weighted by Gasteiger charge is 2.40. The van der Waals surface area contributed by atoms with Gasteiger partial charge < -0.3 is 14.9 Å². The zero-order valence-corrected chi connectivity index (χ0v) is 17.3. The highest BCUT2D eigenvalue weighted by molar-refractivity contribution is 9.10. The zero-order valence-electron chi connectivity index (χ0n) is 15.8. The second-order valence-electron chi connectivity index (χ2n) is 6.61. The van der Waals surface area contributed by atoms with E-state index in [9.17, 15) is 23.1 Å². The Bertz CT molecular complexity index is 1060. The van der Waals surface area contributed by atoms with Crippen LogP contribution in [0.4, 0.5) is 18.0 Å². The van der Waals surface area contributed by atoms with Crippen molar-refractivity contribution >= 4 is 22.0 Å². The molecular weight excluding hydrogens is 465 g/mol. The first-order valence-electron chi connectivity index (χ1n) is 8.85. The third kappa shape index (κ3) is 4.21. The summed E-state index contributed by atoms with van der Waals surface area (Å²) >= 11 is 3.34. The molecule has 0 aliphatic rings. The van der Waals surface area contributed by atoms with Gasteiger partial charge in [0.1, 0.15) is 0 Å². The number of hydrogen-bond acceptors (Lipinski definition) is 3. The van der Waals surface area contributed by atoms with Gasteiger partial charge in [-0.3, -0.25) is 0 Å². The predicted molar refractivity (Wildman–Crippen MR) is 108 cm³/mol. The van der Waals surface area contributed by atoms with Gasteiger partial charge >= 0.3 is 12.3 Å². The molecule has 9 heteroatoms. The Labute approximate surface area is 179 Å². The molecule has 0 spiro atoms. The van der Waals surface area contributed by atoms with Crippen LogP contribution < -0.4 is 5.32 Å². The average Bonchev–Trinajstić information content (AvgIpc) is 3.12. The molecule has 3 aromatic rings. The predicted octanol–water partition coefficient (Wildman–Crippen LogP) is 6.03. The molecule has 2 aromatic carbocycles. The van der Waals surface area contributed by atoms with E-state index in [0.29, 0.717) is 17.7 Å². The molecule has 157 valence electrons. The lowest BCUT2D eigenvalue weighted by Gasteiger charge is -2.31. The van der Waals surface area contributed by atoms with Gasteiger partial charge in [-0.2, -0.15) is 13.2 Å². The summed E-state index contributed by atoms with van der Waals surface area (Å²) < 4.78 is 46.2. The van der Waals surface area contributed by atoms with Gasteiger partial charge in [0.05, 0.1) is 22.4 Å². The van der Waals surface area contributed by atoms with Crippen LogP contribution in [0.3, 0.4) is 0 Å². The minimum atomic E-state index is -4.60. The Morgan fingerprint density at radius 1 is 1.20 bits per heavy atom. The van der Waals surface area contributed by atoms with Crippen LogP contribution in [0.5, 0.6) is 0 Å². The monoisotopic (exact) mass is 481 g/mol. The number of nitrogens with zero attached hydrogens (tertiary/aromatic N) is 1. The molecule has 1 unspecified atom stereocenters. The van der Waals surface area contributed by atoms with Gasteiger partial charge in [-0.25, -0.2) is 4.79 Å². The SMILES string of the molecule is [CH2]C(NC(=O)O)(c1cccc(C(F)(F)F)c1)c1c(CC)noc1-c1ccc(Br)cc1. The first-order valence-corrected chi connectivity index (χ1v) is 9.64. The molecule has 2 N–H and O–H groups in total.